The van der Waals surface area contributed by atoms with Gasteiger partial charge in [0.25, 0.3) is 0 Å². The number of esters is 2. The smallest absolute Gasteiger partial charge is 0.305 e. The number of hydrogen-bond acceptors (Lipinski definition) is 6. The summed E-state index contributed by atoms with van der Waals surface area (Å²) in [5, 5.41) is 0. The van der Waals surface area contributed by atoms with E-state index in [1.165, 1.54) is 180 Å². The summed E-state index contributed by atoms with van der Waals surface area (Å²) >= 11 is 0. The molecule has 0 aromatic rings. The first-order chi connectivity index (χ1) is 32.2. The number of nitrogens with zero attached hydrogens (tertiary/aromatic N) is 2. The molecule has 0 radical (unpaired) electrons. The molecule has 392 valence electrons. The Morgan fingerprint density at radius 2 is 0.652 bits per heavy atom. The number of unbranched alkanes of at least 4 members (excludes halogenated alkanes) is 25. The van der Waals surface area contributed by atoms with E-state index in [1.807, 2.05) is 0 Å². The molecule has 0 saturated carbocycles. The zero-order valence-corrected chi connectivity index (χ0v) is 45.7. The second-order valence-electron chi connectivity index (χ2n) is 21.0. The summed E-state index contributed by atoms with van der Waals surface area (Å²) in [5.74, 6) is 1.23. The summed E-state index contributed by atoms with van der Waals surface area (Å²) in [6.45, 7) is 14.3. The molecule has 0 aliphatic heterocycles. The fourth-order valence-corrected chi connectivity index (χ4v) is 9.71. The normalized spacial score (nSPS) is 13.0. The fourth-order valence-electron chi connectivity index (χ4n) is 9.71. The van der Waals surface area contributed by atoms with Crippen LogP contribution in [-0.2, 0) is 23.9 Å². The Morgan fingerprint density at radius 3 is 1.03 bits per heavy atom. The maximum Gasteiger partial charge on any atom is 0.305 e. The third-order valence-electron chi connectivity index (χ3n) is 14.2. The van der Waals surface area contributed by atoms with Gasteiger partial charge in [-0.2, -0.15) is 0 Å². The van der Waals surface area contributed by atoms with Gasteiger partial charge >= 0.3 is 11.9 Å². The van der Waals surface area contributed by atoms with Crippen LogP contribution in [0.2, 0.25) is 0 Å². The summed E-state index contributed by atoms with van der Waals surface area (Å²) in [6, 6.07) is 0.199. The third-order valence-corrected chi connectivity index (χ3v) is 14.2. The summed E-state index contributed by atoms with van der Waals surface area (Å²) < 4.78 is 11.9. The van der Waals surface area contributed by atoms with Crippen molar-refractivity contribution < 1.29 is 23.9 Å². The lowest BCUT2D eigenvalue weighted by atomic mass is 9.95. The number of amides is 1. The summed E-state index contributed by atoms with van der Waals surface area (Å²) in [7, 11) is 4.23. The lowest BCUT2D eigenvalue weighted by Crippen LogP contribution is -2.41. The Hall–Kier alpha value is -1.63. The minimum Gasteiger partial charge on any atom is -0.465 e. The lowest BCUT2D eigenvalue weighted by Gasteiger charge is -2.33. The van der Waals surface area contributed by atoms with E-state index in [-0.39, 0.29) is 18.0 Å². The van der Waals surface area contributed by atoms with Crippen LogP contribution >= 0.6 is 0 Å². The molecule has 1 amide bonds. The van der Waals surface area contributed by atoms with E-state index in [1.54, 1.807) is 0 Å². The molecule has 0 aliphatic carbocycles. The molecule has 0 rings (SSSR count). The Morgan fingerprint density at radius 1 is 0.348 bits per heavy atom. The van der Waals surface area contributed by atoms with Crippen molar-refractivity contribution in [3.63, 3.8) is 0 Å². The molecule has 2 atom stereocenters. The van der Waals surface area contributed by atoms with E-state index >= 15 is 0 Å². The van der Waals surface area contributed by atoms with Crippen LogP contribution in [0.4, 0.5) is 0 Å². The minimum atomic E-state index is -0.0358. The van der Waals surface area contributed by atoms with Crippen molar-refractivity contribution in [3.05, 3.63) is 0 Å². The average Bonchev–Trinajstić information content (AvgIpc) is 3.30. The maximum atomic E-state index is 14.0. The number of carbonyl (C=O) groups excluding carboxylic acids is 3. The number of carbonyl (C=O) groups is 3. The van der Waals surface area contributed by atoms with Gasteiger partial charge in [0.15, 0.2) is 0 Å². The second-order valence-corrected chi connectivity index (χ2v) is 21.0. The molecule has 0 aromatic heterocycles. The van der Waals surface area contributed by atoms with Gasteiger partial charge in [0.1, 0.15) is 0 Å². The molecular weight excluding hydrogens is 817 g/mol. The van der Waals surface area contributed by atoms with E-state index in [0.29, 0.717) is 50.2 Å². The zero-order chi connectivity index (χ0) is 48.6. The van der Waals surface area contributed by atoms with Gasteiger partial charge in [0.2, 0.25) is 5.91 Å². The Bertz CT molecular complexity index is 993. The highest BCUT2D eigenvalue weighted by Crippen LogP contribution is 2.24. The second kappa shape index (κ2) is 49.8. The van der Waals surface area contributed by atoms with Crippen molar-refractivity contribution in [1.29, 1.82) is 0 Å². The maximum absolute atomic E-state index is 14.0. The van der Waals surface area contributed by atoms with Crippen LogP contribution in [0.1, 0.15) is 304 Å². The highest BCUT2D eigenvalue weighted by Gasteiger charge is 2.23. The first-order valence-electron chi connectivity index (χ1n) is 29.5. The number of hydrogen-bond donors (Lipinski definition) is 0. The van der Waals surface area contributed by atoms with Crippen molar-refractivity contribution in [2.75, 3.05) is 40.4 Å². The first kappa shape index (κ1) is 64.4. The average molecular weight is 934 g/mol. The van der Waals surface area contributed by atoms with Crippen molar-refractivity contribution >= 4 is 17.8 Å². The molecule has 0 N–H and O–H groups in total. The highest BCUT2D eigenvalue weighted by molar-refractivity contribution is 5.76. The van der Waals surface area contributed by atoms with Crippen LogP contribution in [-0.4, -0.2) is 74.1 Å². The van der Waals surface area contributed by atoms with Gasteiger partial charge in [-0.05, 0) is 96.7 Å². The summed E-state index contributed by atoms with van der Waals surface area (Å²) in [5.41, 5.74) is 0. The summed E-state index contributed by atoms with van der Waals surface area (Å²) in [4.78, 5) is 44.4. The van der Waals surface area contributed by atoms with Crippen LogP contribution in [0, 0.1) is 11.8 Å². The third kappa shape index (κ3) is 42.5. The topological polar surface area (TPSA) is 76.2 Å². The number of ether oxygens (including phenoxy) is 2. The van der Waals surface area contributed by atoms with Crippen LogP contribution in [0.15, 0.2) is 0 Å². The van der Waals surface area contributed by atoms with Gasteiger partial charge in [-0.3, -0.25) is 14.4 Å². The SMILES string of the molecule is CCCCCCCCC(=O)N(CCCN(C)C)C(CCCCCC(=O)OCC(CCCCCC)CCCCCCCC)CCCCCC(=O)OCC(CCCCCC)CCCCCCCC. The highest BCUT2D eigenvalue weighted by atomic mass is 16.5. The molecule has 66 heavy (non-hydrogen) atoms. The van der Waals surface area contributed by atoms with E-state index in [0.717, 1.165) is 83.7 Å². The predicted molar refractivity (Wildman–Crippen MR) is 285 cm³/mol. The number of rotatable bonds is 52. The Balaban J connectivity index is 5.33. The quantitative estimate of drug-likeness (QED) is 0.0447. The standard InChI is InChI=1S/C59H116N2O5/c1-8-13-18-23-26-33-43-54(41-31-21-16-11-4)52-65-58(63)48-38-29-35-45-56(61(51-40-50-60(6)7)57(62)47-37-28-25-20-15-10-3)46-36-30-39-49-59(64)66-53-55(42-32-22-17-12-5)44-34-27-24-19-14-9-2/h54-56H,8-53H2,1-7H3. The monoisotopic (exact) mass is 933 g/mol. The van der Waals surface area contributed by atoms with E-state index in [2.05, 4.69) is 58.5 Å². The van der Waals surface area contributed by atoms with E-state index in [9.17, 15) is 14.4 Å². The molecule has 0 bridgehead atoms. The van der Waals surface area contributed by atoms with Gasteiger partial charge in [0.05, 0.1) is 13.2 Å². The van der Waals surface area contributed by atoms with Gasteiger partial charge in [-0.15, -0.1) is 0 Å². The molecule has 7 nitrogen and oxygen atoms in total. The summed E-state index contributed by atoms with van der Waals surface area (Å²) in [6.07, 6.45) is 47.8. The van der Waals surface area contributed by atoms with Crippen LogP contribution in [0.3, 0.4) is 0 Å². The lowest BCUT2D eigenvalue weighted by molar-refractivity contribution is -0.146. The van der Waals surface area contributed by atoms with Crippen molar-refractivity contribution in [3.8, 4) is 0 Å². The fraction of sp³-hybridized carbons (Fsp3) is 0.949. The molecule has 0 aromatic carbocycles. The van der Waals surface area contributed by atoms with E-state index < -0.39 is 0 Å². The molecule has 2 unspecified atom stereocenters. The molecule has 0 heterocycles. The van der Waals surface area contributed by atoms with E-state index in [4.69, 9.17) is 9.47 Å². The minimum absolute atomic E-state index is 0.0358. The molecular formula is C59H116N2O5. The molecule has 0 saturated heterocycles. The van der Waals surface area contributed by atoms with Gasteiger partial charge in [-0.1, -0.05) is 221 Å². The molecule has 0 spiro atoms. The zero-order valence-electron chi connectivity index (χ0n) is 45.7. The van der Waals surface area contributed by atoms with Crippen LogP contribution < -0.4 is 0 Å². The van der Waals surface area contributed by atoms with Crippen LogP contribution in [0.5, 0.6) is 0 Å². The van der Waals surface area contributed by atoms with Gasteiger partial charge in [-0.25, -0.2) is 0 Å². The van der Waals surface area contributed by atoms with Crippen molar-refractivity contribution in [2.24, 2.45) is 11.8 Å². The van der Waals surface area contributed by atoms with Gasteiger partial charge in [0, 0.05) is 31.8 Å². The van der Waals surface area contributed by atoms with Crippen LogP contribution in [0.25, 0.3) is 0 Å². The van der Waals surface area contributed by atoms with Crippen molar-refractivity contribution in [2.45, 2.75) is 310 Å². The first-order valence-corrected chi connectivity index (χ1v) is 29.5. The Kier molecular flexibility index (Phi) is 48.6. The molecule has 0 fully saturated rings. The van der Waals surface area contributed by atoms with Gasteiger partial charge < -0.3 is 19.3 Å². The predicted octanol–water partition coefficient (Wildman–Crippen LogP) is 17.5. The Labute approximate surface area is 412 Å². The largest absolute Gasteiger partial charge is 0.465 e. The molecule has 7 heteroatoms. The molecule has 0 aliphatic rings. The van der Waals surface area contributed by atoms with Crippen molar-refractivity contribution in [1.82, 2.24) is 9.80 Å².